The number of carboxylic acid groups (broad SMARTS) is 1. The summed E-state index contributed by atoms with van der Waals surface area (Å²) < 4.78 is 10.9. The molecule has 2 heterocycles. The summed E-state index contributed by atoms with van der Waals surface area (Å²) in [6, 6.07) is 9.39. The van der Waals surface area contributed by atoms with E-state index < -0.39 is 23.1 Å². The summed E-state index contributed by atoms with van der Waals surface area (Å²) in [5.74, 6) is -0.924. The van der Waals surface area contributed by atoms with Gasteiger partial charge < -0.3 is 24.4 Å². The minimum Gasteiger partial charge on any atom is -0.481 e. The summed E-state index contributed by atoms with van der Waals surface area (Å²) in [4.78, 5) is 40.7. The zero-order chi connectivity index (χ0) is 22.4. The van der Waals surface area contributed by atoms with Gasteiger partial charge in [-0.2, -0.15) is 0 Å². The number of nitrogens with zero attached hydrogens (tertiary/aromatic N) is 2. The first-order valence-electron chi connectivity index (χ1n) is 10.8. The number of benzene rings is 1. The van der Waals surface area contributed by atoms with Gasteiger partial charge >= 0.3 is 18.2 Å². The predicted molar refractivity (Wildman–Crippen MR) is 111 cm³/mol. The Labute approximate surface area is 182 Å². The van der Waals surface area contributed by atoms with E-state index >= 15 is 0 Å². The highest BCUT2D eigenvalue weighted by Gasteiger charge is 2.65. The molecule has 1 saturated carbocycles. The molecule has 8 heteroatoms. The van der Waals surface area contributed by atoms with Gasteiger partial charge in [0.15, 0.2) is 0 Å². The van der Waals surface area contributed by atoms with Gasteiger partial charge in [0.05, 0.1) is 5.41 Å². The van der Waals surface area contributed by atoms with E-state index in [-0.39, 0.29) is 37.0 Å². The summed E-state index contributed by atoms with van der Waals surface area (Å²) in [6.45, 7) is 7.09. The first-order chi connectivity index (χ1) is 14.6. The van der Waals surface area contributed by atoms with Crippen LogP contribution in [0, 0.1) is 23.2 Å². The van der Waals surface area contributed by atoms with E-state index in [9.17, 15) is 19.5 Å². The van der Waals surface area contributed by atoms with Crippen LogP contribution in [0.4, 0.5) is 9.59 Å². The average molecular weight is 431 g/mol. The SMILES string of the molecule is CC(C)(C)OC(=O)N1C[C@H]2C[C@@]3(C(=O)O)CN(C(=O)OCc4ccccc4)C[C@@H]3[C@H]2C1. The van der Waals surface area contributed by atoms with Crippen LogP contribution in [0.3, 0.4) is 0 Å². The Bertz CT molecular complexity index is 867. The minimum absolute atomic E-state index is 0.0375. The molecule has 0 bridgehead atoms. The molecule has 2 amide bonds. The highest BCUT2D eigenvalue weighted by molar-refractivity contribution is 5.79. The monoisotopic (exact) mass is 430 g/mol. The summed E-state index contributed by atoms with van der Waals surface area (Å²) in [5, 5.41) is 10.1. The number of carboxylic acids is 1. The molecule has 168 valence electrons. The lowest BCUT2D eigenvalue weighted by atomic mass is 9.78. The van der Waals surface area contributed by atoms with E-state index in [1.807, 2.05) is 51.1 Å². The van der Waals surface area contributed by atoms with Crippen molar-refractivity contribution in [1.29, 1.82) is 0 Å². The molecule has 4 rings (SSSR count). The molecule has 0 radical (unpaired) electrons. The van der Waals surface area contributed by atoms with Crippen molar-refractivity contribution in [2.24, 2.45) is 23.2 Å². The maximum absolute atomic E-state index is 12.7. The second-order valence-electron chi connectivity index (χ2n) is 10.0. The van der Waals surface area contributed by atoms with Crippen LogP contribution in [0.1, 0.15) is 32.8 Å². The van der Waals surface area contributed by atoms with Gasteiger partial charge in [0, 0.05) is 26.2 Å². The number of fused-ring (bicyclic) bond motifs is 3. The first-order valence-corrected chi connectivity index (χ1v) is 10.8. The zero-order valence-electron chi connectivity index (χ0n) is 18.2. The van der Waals surface area contributed by atoms with Crippen molar-refractivity contribution < 1.29 is 29.0 Å². The Hall–Kier alpha value is -2.77. The van der Waals surface area contributed by atoms with Crippen molar-refractivity contribution in [2.45, 2.75) is 39.4 Å². The van der Waals surface area contributed by atoms with Crippen LogP contribution in [-0.4, -0.2) is 64.8 Å². The molecule has 4 atom stereocenters. The number of carbonyl (C=O) groups is 3. The van der Waals surface area contributed by atoms with Crippen molar-refractivity contribution in [2.75, 3.05) is 26.2 Å². The van der Waals surface area contributed by atoms with Gasteiger partial charge in [-0.05, 0) is 50.5 Å². The summed E-state index contributed by atoms with van der Waals surface area (Å²) in [7, 11) is 0. The van der Waals surface area contributed by atoms with Gasteiger partial charge in [-0.15, -0.1) is 0 Å². The van der Waals surface area contributed by atoms with Crippen LogP contribution in [0.5, 0.6) is 0 Å². The van der Waals surface area contributed by atoms with E-state index in [4.69, 9.17) is 9.47 Å². The van der Waals surface area contributed by atoms with Crippen LogP contribution >= 0.6 is 0 Å². The van der Waals surface area contributed by atoms with E-state index in [0.29, 0.717) is 26.1 Å². The molecule has 2 aliphatic heterocycles. The summed E-state index contributed by atoms with van der Waals surface area (Å²) in [6.07, 6.45) is -0.392. The molecule has 1 N–H and O–H groups in total. The number of ether oxygens (including phenoxy) is 2. The van der Waals surface area contributed by atoms with E-state index in [1.54, 1.807) is 4.90 Å². The largest absolute Gasteiger partial charge is 0.481 e. The number of aliphatic carboxylic acids is 1. The lowest BCUT2D eigenvalue weighted by molar-refractivity contribution is -0.150. The number of carbonyl (C=O) groups excluding carboxylic acids is 2. The Kier molecular flexibility index (Phi) is 5.35. The third-order valence-corrected chi connectivity index (χ3v) is 6.78. The maximum Gasteiger partial charge on any atom is 0.410 e. The third kappa shape index (κ3) is 4.07. The molecule has 1 aromatic carbocycles. The topological polar surface area (TPSA) is 96.4 Å². The molecule has 2 saturated heterocycles. The van der Waals surface area contributed by atoms with Crippen LogP contribution in [0.2, 0.25) is 0 Å². The van der Waals surface area contributed by atoms with Gasteiger partial charge in [0.25, 0.3) is 0 Å². The highest BCUT2D eigenvalue weighted by Crippen LogP contribution is 2.57. The molecule has 1 aromatic rings. The second-order valence-corrected chi connectivity index (χ2v) is 10.0. The van der Waals surface area contributed by atoms with Gasteiger partial charge in [0.1, 0.15) is 12.2 Å². The van der Waals surface area contributed by atoms with Crippen molar-refractivity contribution in [3.63, 3.8) is 0 Å². The van der Waals surface area contributed by atoms with Crippen LogP contribution in [-0.2, 0) is 20.9 Å². The van der Waals surface area contributed by atoms with Crippen LogP contribution < -0.4 is 0 Å². The van der Waals surface area contributed by atoms with Crippen LogP contribution in [0.15, 0.2) is 30.3 Å². The third-order valence-electron chi connectivity index (χ3n) is 6.78. The molecule has 1 aliphatic carbocycles. The number of hydrogen-bond acceptors (Lipinski definition) is 5. The molecule has 31 heavy (non-hydrogen) atoms. The number of likely N-dealkylation sites (tertiary alicyclic amines) is 2. The van der Waals surface area contributed by atoms with Gasteiger partial charge in [0.2, 0.25) is 0 Å². The Balaban J connectivity index is 1.42. The fourth-order valence-corrected chi connectivity index (χ4v) is 5.47. The fraction of sp³-hybridized carbons (Fsp3) is 0.609. The quantitative estimate of drug-likeness (QED) is 0.791. The molecule has 3 fully saturated rings. The minimum atomic E-state index is -0.971. The summed E-state index contributed by atoms with van der Waals surface area (Å²) >= 11 is 0. The molecule has 0 aromatic heterocycles. The normalized spacial score (nSPS) is 29.5. The Morgan fingerprint density at radius 3 is 2.42 bits per heavy atom. The molecule has 3 aliphatic rings. The predicted octanol–water partition coefficient (Wildman–Crippen LogP) is 3.21. The molecule has 0 spiro atoms. The van der Waals surface area contributed by atoms with Crippen LogP contribution in [0.25, 0.3) is 0 Å². The zero-order valence-corrected chi connectivity index (χ0v) is 18.2. The van der Waals surface area contributed by atoms with Crippen molar-refractivity contribution in [3.8, 4) is 0 Å². The lowest BCUT2D eigenvalue weighted by Crippen LogP contribution is -2.41. The molecule has 0 unspecified atom stereocenters. The van der Waals surface area contributed by atoms with Gasteiger partial charge in [-0.3, -0.25) is 4.79 Å². The van der Waals surface area contributed by atoms with Crippen molar-refractivity contribution in [1.82, 2.24) is 9.80 Å². The highest BCUT2D eigenvalue weighted by atomic mass is 16.6. The van der Waals surface area contributed by atoms with Crippen molar-refractivity contribution in [3.05, 3.63) is 35.9 Å². The number of amides is 2. The standard InChI is InChI=1S/C23H30N2O6/c1-22(2,3)31-21(29)24-10-16-9-23(19(26)27)14-25(12-18(23)17(16)11-24)20(28)30-13-15-7-5-4-6-8-15/h4-8,16-18H,9-14H2,1-3H3,(H,26,27)/t16-,17+,18-,23-/m1/s1. The molecular weight excluding hydrogens is 400 g/mol. The van der Waals surface area contributed by atoms with E-state index in [0.717, 1.165) is 5.56 Å². The lowest BCUT2D eigenvalue weighted by Gasteiger charge is -2.28. The summed E-state index contributed by atoms with van der Waals surface area (Å²) in [5.41, 5.74) is -0.667. The number of rotatable bonds is 3. The van der Waals surface area contributed by atoms with Gasteiger partial charge in [-0.1, -0.05) is 30.3 Å². The maximum atomic E-state index is 12.7. The molecule has 8 nitrogen and oxygen atoms in total. The number of hydrogen-bond donors (Lipinski definition) is 1. The fourth-order valence-electron chi connectivity index (χ4n) is 5.47. The molecular formula is C23H30N2O6. The Morgan fingerprint density at radius 1 is 1.06 bits per heavy atom. The average Bonchev–Trinajstić information content (AvgIpc) is 3.34. The van der Waals surface area contributed by atoms with Crippen molar-refractivity contribution >= 4 is 18.2 Å². The first kappa shape index (κ1) is 21.5. The van der Waals surface area contributed by atoms with Gasteiger partial charge in [-0.25, -0.2) is 9.59 Å². The van der Waals surface area contributed by atoms with E-state index in [2.05, 4.69) is 0 Å². The Morgan fingerprint density at radius 2 is 1.77 bits per heavy atom. The van der Waals surface area contributed by atoms with E-state index in [1.165, 1.54) is 4.90 Å². The smallest absolute Gasteiger partial charge is 0.410 e. The second kappa shape index (κ2) is 7.73.